The van der Waals surface area contributed by atoms with E-state index in [4.69, 9.17) is 16.3 Å². The summed E-state index contributed by atoms with van der Waals surface area (Å²) in [5, 5.41) is 0.549. The van der Waals surface area contributed by atoms with E-state index >= 15 is 0 Å². The highest BCUT2D eigenvalue weighted by molar-refractivity contribution is 6.30. The second-order valence-electron chi connectivity index (χ2n) is 6.39. The quantitative estimate of drug-likeness (QED) is 0.432. The number of carbonyl (C=O) groups excluding carboxylic acids is 2. The van der Waals surface area contributed by atoms with Gasteiger partial charge in [-0.05, 0) is 55.3 Å². The minimum absolute atomic E-state index is 0.163. The number of hydrogen-bond acceptors (Lipinski definition) is 3. The first-order valence-electron chi connectivity index (χ1n) is 8.58. The van der Waals surface area contributed by atoms with Gasteiger partial charge in [0, 0.05) is 16.1 Å². The Morgan fingerprint density at radius 1 is 0.889 bits per heavy atom. The van der Waals surface area contributed by atoms with Crippen LogP contribution in [0.25, 0.3) is 0 Å². The van der Waals surface area contributed by atoms with Crippen LogP contribution in [0, 0.1) is 13.8 Å². The number of halogens is 1. The number of esters is 1. The molecule has 3 aromatic carbocycles. The van der Waals surface area contributed by atoms with Crippen LogP contribution in [-0.4, -0.2) is 11.8 Å². The lowest BCUT2D eigenvalue weighted by Crippen LogP contribution is -2.13. The van der Waals surface area contributed by atoms with E-state index in [0.717, 1.165) is 16.7 Å². The second kappa shape index (κ2) is 8.19. The van der Waals surface area contributed by atoms with Gasteiger partial charge in [-0.3, -0.25) is 4.79 Å². The third kappa shape index (κ3) is 4.44. The lowest BCUT2D eigenvalue weighted by Gasteiger charge is -2.11. The van der Waals surface area contributed by atoms with Gasteiger partial charge in [-0.25, -0.2) is 4.79 Å². The number of benzene rings is 3. The summed E-state index contributed by atoms with van der Waals surface area (Å²) in [5.41, 5.74) is 4.14. The fourth-order valence-corrected chi connectivity index (χ4v) is 2.92. The molecule has 27 heavy (non-hydrogen) atoms. The zero-order chi connectivity index (χ0) is 19.4. The molecule has 0 radical (unpaired) electrons. The second-order valence-corrected chi connectivity index (χ2v) is 6.82. The molecule has 0 aliphatic carbocycles. The number of hydrogen-bond donors (Lipinski definition) is 0. The van der Waals surface area contributed by atoms with E-state index in [1.807, 2.05) is 32.0 Å². The smallest absolute Gasteiger partial charge is 0.339 e. The van der Waals surface area contributed by atoms with Gasteiger partial charge in [0.25, 0.3) is 0 Å². The van der Waals surface area contributed by atoms with E-state index in [-0.39, 0.29) is 18.0 Å². The van der Waals surface area contributed by atoms with E-state index < -0.39 is 5.97 Å². The number of ether oxygens (including phenoxy) is 1. The predicted molar refractivity (Wildman–Crippen MR) is 106 cm³/mol. The van der Waals surface area contributed by atoms with Crippen LogP contribution in [0.1, 0.15) is 43.0 Å². The molecule has 0 aliphatic rings. The highest BCUT2D eigenvalue weighted by Crippen LogP contribution is 2.19. The van der Waals surface area contributed by atoms with Crippen LogP contribution in [0.5, 0.6) is 0 Å². The van der Waals surface area contributed by atoms with Gasteiger partial charge in [0.2, 0.25) is 0 Å². The zero-order valence-corrected chi connectivity index (χ0v) is 15.9. The number of ketones is 1. The Morgan fingerprint density at radius 2 is 1.56 bits per heavy atom. The van der Waals surface area contributed by atoms with Crippen molar-refractivity contribution in [1.29, 1.82) is 0 Å². The summed E-state index contributed by atoms with van der Waals surface area (Å²) in [6.45, 7) is 4.13. The fourth-order valence-electron chi connectivity index (χ4n) is 2.79. The third-order valence-electron chi connectivity index (χ3n) is 4.36. The first-order valence-corrected chi connectivity index (χ1v) is 8.96. The third-order valence-corrected chi connectivity index (χ3v) is 4.61. The summed E-state index contributed by atoms with van der Waals surface area (Å²) in [6.07, 6.45) is 0. The summed E-state index contributed by atoms with van der Waals surface area (Å²) in [4.78, 5) is 25.4. The Balaban J connectivity index is 1.82. The molecule has 0 fully saturated rings. The van der Waals surface area contributed by atoms with Crippen molar-refractivity contribution < 1.29 is 14.3 Å². The van der Waals surface area contributed by atoms with Gasteiger partial charge in [0.15, 0.2) is 5.78 Å². The Kier molecular flexibility index (Phi) is 5.72. The molecule has 3 aromatic rings. The maximum absolute atomic E-state index is 12.8. The average molecular weight is 379 g/mol. The van der Waals surface area contributed by atoms with Crippen molar-refractivity contribution in [1.82, 2.24) is 0 Å². The van der Waals surface area contributed by atoms with Crippen LogP contribution in [-0.2, 0) is 11.3 Å². The highest BCUT2D eigenvalue weighted by atomic mass is 35.5. The van der Waals surface area contributed by atoms with E-state index in [1.54, 1.807) is 48.5 Å². The molecular weight excluding hydrogens is 360 g/mol. The lowest BCUT2D eigenvalue weighted by atomic mass is 9.98. The van der Waals surface area contributed by atoms with Crippen molar-refractivity contribution in [2.75, 3.05) is 0 Å². The molecule has 0 N–H and O–H groups in total. The van der Waals surface area contributed by atoms with Crippen LogP contribution in [0.3, 0.4) is 0 Å². The van der Waals surface area contributed by atoms with Crippen molar-refractivity contribution in [3.05, 3.63) is 105 Å². The van der Waals surface area contributed by atoms with Crippen LogP contribution >= 0.6 is 11.6 Å². The lowest BCUT2D eigenvalue weighted by molar-refractivity contribution is 0.0469. The van der Waals surface area contributed by atoms with E-state index in [2.05, 4.69) is 0 Å². The van der Waals surface area contributed by atoms with Crippen LogP contribution in [0.15, 0.2) is 66.7 Å². The molecule has 0 heterocycles. The zero-order valence-electron chi connectivity index (χ0n) is 15.2. The molecule has 4 heteroatoms. The maximum Gasteiger partial charge on any atom is 0.339 e. The van der Waals surface area contributed by atoms with E-state index in [1.165, 1.54) is 0 Å². The van der Waals surface area contributed by atoms with Gasteiger partial charge in [-0.15, -0.1) is 0 Å². The maximum atomic E-state index is 12.8. The Bertz CT molecular complexity index is 991. The summed E-state index contributed by atoms with van der Waals surface area (Å²) in [6, 6.07) is 19.3. The largest absolute Gasteiger partial charge is 0.457 e. The molecule has 0 amide bonds. The van der Waals surface area contributed by atoms with Gasteiger partial charge >= 0.3 is 5.97 Å². The van der Waals surface area contributed by atoms with Crippen molar-refractivity contribution in [3.8, 4) is 0 Å². The van der Waals surface area contributed by atoms with Crippen LogP contribution < -0.4 is 0 Å². The normalized spacial score (nSPS) is 10.5. The van der Waals surface area contributed by atoms with Crippen molar-refractivity contribution >= 4 is 23.4 Å². The molecule has 3 rings (SSSR count). The van der Waals surface area contributed by atoms with Crippen molar-refractivity contribution in [2.24, 2.45) is 0 Å². The molecule has 0 atom stereocenters. The fraction of sp³-hybridized carbons (Fsp3) is 0.130. The van der Waals surface area contributed by atoms with Gasteiger partial charge < -0.3 is 4.74 Å². The monoisotopic (exact) mass is 378 g/mol. The topological polar surface area (TPSA) is 43.4 Å². The van der Waals surface area contributed by atoms with Gasteiger partial charge in [0.05, 0.1) is 5.56 Å². The summed E-state index contributed by atoms with van der Waals surface area (Å²) in [7, 11) is 0. The summed E-state index contributed by atoms with van der Waals surface area (Å²) >= 11 is 5.88. The Hall–Kier alpha value is -2.91. The SMILES string of the molecule is Cc1ccc(C)c(COC(=O)c2ccccc2C(=O)c2ccc(Cl)cc2)c1. The molecule has 0 aliphatic heterocycles. The van der Waals surface area contributed by atoms with Crippen molar-refractivity contribution in [3.63, 3.8) is 0 Å². The average Bonchev–Trinajstić information content (AvgIpc) is 2.68. The number of aryl methyl sites for hydroxylation is 2. The minimum atomic E-state index is -0.520. The number of rotatable bonds is 5. The molecule has 0 unspecified atom stereocenters. The standard InChI is InChI=1S/C23H19ClO3/c1-15-7-8-16(2)18(13-15)14-27-23(26)21-6-4-3-5-20(21)22(25)17-9-11-19(24)12-10-17/h3-13H,14H2,1-2H3. The molecule has 0 saturated carbocycles. The van der Waals surface area contributed by atoms with Gasteiger partial charge in [-0.1, -0.05) is 53.6 Å². The van der Waals surface area contributed by atoms with Gasteiger partial charge in [-0.2, -0.15) is 0 Å². The Morgan fingerprint density at radius 3 is 2.26 bits per heavy atom. The minimum Gasteiger partial charge on any atom is -0.457 e. The van der Waals surface area contributed by atoms with Crippen LogP contribution in [0.2, 0.25) is 5.02 Å². The first kappa shape index (κ1) is 18.9. The molecule has 0 spiro atoms. The molecule has 0 saturated heterocycles. The van der Waals surface area contributed by atoms with E-state index in [0.29, 0.717) is 16.1 Å². The molecule has 136 valence electrons. The predicted octanol–water partition coefficient (Wildman–Crippen LogP) is 5.54. The van der Waals surface area contributed by atoms with Crippen molar-refractivity contribution in [2.45, 2.75) is 20.5 Å². The highest BCUT2D eigenvalue weighted by Gasteiger charge is 2.19. The van der Waals surface area contributed by atoms with E-state index in [9.17, 15) is 9.59 Å². The Labute approximate surface area is 163 Å². The summed E-state index contributed by atoms with van der Waals surface area (Å²) in [5.74, 6) is -0.764. The van der Waals surface area contributed by atoms with Crippen LogP contribution in [0.4, 0.5) is 0 Å². The molecule has 0 bridgehead atoms. The molecule has 3 nitrogen and oxygen atoms in total. The summed E-state index contributed by atoms with van der Waals surface area (Å²) < 4.78 is 5.48. The molecular formula is C23H19ClO3. The number of carbonyl (C=O) groups is 2. The molecule has 0 aromatic heterocycles. The first-order chi connectivity index (χ1) is 13.0. The van der Waals surface area contributed by atoms with Gasteiger partial charge in [0.1, 0.15) is 6.61 Å².